The fourth-order valence-corrected chi connectivity index (χ4v) is 2.15. The van der Waals surface area contributed by atoms with Gasteiger partial charge in [0.05, 0.1) is 15.6 Å². The van der Waals surface area contributed by atoms with Gasteiger partial charge in [0.1, 0.15) is 11.4 Å². The number of nitrogens with zero attached hydrogens (tertiary/aromatic N) is 2. The molecule has 6 nitrogen and oxygen atoms in total. The highest BCUT2D eigenvalue weighted by molar-refractivity contribution is 7.85. The number of halogens is 1. The van der Waals surface area contributed by atoms with Crippen molar-refractivity contribution < 1.29 is 18.1 Å². The third-order valence-corrected chi connectivity index (χ3v) is 3.49. The first-order valence-corrected chi connectivity index (χ1v) is 7.16. The molecule has 104 valence electrons. The van der Waals surface area contributed by atoms with Crippen molar-refractivity contribution in [2.24, 2.45) is 10.2 Å². The van der Waals surface area contributed by atoms with Crippen molar-refractivity contribution in [1.29, 1.82) is 0 Å². The number of aromatic hydroxyl groups is 1. The smallest absolute Gasteiger partial charge is 0.294 e. The fourth-order valence-electron chi connectivity index (χ4n) is 1.36. The molecule has 0 heterocycles. The lowest BCUT2D eigenvalue weighted by atomic mass is 10.3. The molecule has 0 radical (unpaired) electrons. The number of phenolic OH excluding ortho intramolecular Hbond substituents is 1. The lowest BCUT2D eigenvalue weighted by Crippen LogP contribution is -1.97. The number of phenols is 1. The van der Waals surface area contributed by atoms with Crippen LogP contribution in [0.25, 0.3) is 0 Å². The topological polar surface area (TPSA) is 99.3 Å². The van der Waals surface area contributed by atoms with Gasteiger partial charge in [-0.1, -0.05) is 11.6 Å². The van der Waals surface area contributed by atoms with E-state index in [0.29, 0.717) is 5.69 Å². The predicted molar refractivity (Wildman–Crippen MR) is 73.5 cm³/mol. The van der Waals surface area contributed by atoms with Crippen LogP contribution in [0.3, 0.4) is 0 Å². The Labute approximate surface area is 120 Å². The van der Waals surface area contributed by atoms with Gasteiger partial charge in [-0.15, -0.1) is 5.11 Å². The molecule has 0 aliphatic rings. The maximum Gasteiger partial charge on any atom is 0.294 e. The molecule has 2 N–H and O–H groups in total. The minimum absolute atomic E-state index is 0.0441. The van der Waals surface area contributed by atoms with E-state index in [1.165, 1.54) is 24.3 Å². The van der Waals surface area contributed by atoms with Gasteiger partial charge in [0.25, 0.3) is 10.1 Å². The Kier molecular flexibility index (Phi) is 4.03. The van der Waals surface area contributed by atoms with Crippen LogP contribution in [0.1, 0.15) is 0 Å². The average Bonchev–Trinajstić information content (AvgIpc) is 2.38. The molecule has 2 aromatic rings. The molecular formula is C12H9ClN2O4S. The highest BCUT2D eigenvalue weighted by Crippen LogP contribution is 2.29. The Morgan fingerprint density at radius 2 is 1.65 bits per heavy atom. The zero-order valence-electron chi connectivity index (χ0n) is 9.93. The van der Waals surface area contributed by atoms with Gasteiger partial charge in [-0.3, -0.25) is 4.55 Å². The van der Waals surface area contributed by atoms with E-state index in [1.54, 1.807) is 12.1 Å². The second-order valence-corrected chi connectivity index (χ2v) is 5.63. The van der Waals surface area contributed by atoms with E-state index in [1.807, 2.05) is 0 Å². The fraction of sp³-hybridized carbons (Fsp3) is 0. The lowest BCUT2D eigenvalue weighted by Gasteiger charge is -2.00. The van der Waals surface area contributed by atoms with Gasteiger partial charge < -0.3 is 5.11 Å². The number of azo groups is 1. The summed E-state index contributed by atoms with van der Waals surface area (Å²) in [6.07, 6.45) is 0. The molecule has 0 saturated carbocycles. The van der Waals surface area contributed by atoms with Crippen molar-refractivity contribution >= 4 is 33.1 Å². The SMILES string of the molecule is O=S(=O)(O)c1ccc(/N=N/c2ccc(O)cc2)c(Cl)c1. The molecule has 0 bridgehead atoms. The Bertz CT molecular complexity index is 758. The lowest BCUT2D eigenvalue weighted by molar-refractivity contribution is 0.475. The second kappa shape index (κ2) is 5.58. The molecule has 0 fully saturated rings. The Morgan fingerprint density at radius 1 is 1.00 bits per heavy atom. The minimum Gasteiger partial charge on any atom is -0.508 e. The van der Waals surface area contributed by atoms with E-state index in [0.717, 1.165) is 6.07 Å². The third-order valence-electron chi connectivity index (χ3n) is 2.34. The molecule has 0 spiro atoms. The zero-order chi connectivity index (χ0) is 14.8. The molecule has 0 saturated heterocycles. The van der Waals surface area contributed by atoms with Crippen molar-refractivity contribution in [1.82, 2.24) is 0 Å². The van der Waals surface area contributed by atoms with E-state index >= 15 is 0 Å². The summed E-state index contributed by atoms with van der Waals surface area (Å²) in [7, 11) is -4.30. The van der Waals surface area contributed by atoms with Crippen LogP contribution in [-0.4, -0.2) is 18.1 Å². The highest BCUT2D eigenvalue weighted by Gasteiger charge is 2.11. The molecule has 0 aliphatic carbocycles. The van der Waals surface area contributed by atoms with Crippen molar-refractivity contribution in [2.75, 3.05) is 0 Å². The number of rotatable bonds is 3. The van der Waals surface area contributed by atoms with Gasteiger partial charge >= 0.3 is 0 Å². The molecule has 0 atom stereocenters. The molecule has 20 heavy (non-hydrogen) atoms. The molecule has 2 rings (SSSR count). The predicted octanol–water partition coefficient (Wildman–Crippen LogP) is 3.71. The van der Waals surface area contributed by atoms with Crippen LogP contribution < -0.4 is 0 Å². The monoisotopic (exact) mass is 312 g/mol. The van der Waals surface area contributed by atoms with E-state index in [2.05, 4.69) is 10.2 Å². The van der Waals surface area contributed by atoms with Crippen LogP contribution in [0.15, 0.2) is 57.6 Å². The Balaban J connectivity index is 2.28. The standard InChI is InChI=1S/C12H9ClN2O4S/c13-11-7-10(20(17,18)19)5-6-12(11)15-14-8-1-3-9(16)4-2-8/h1-7,16H,(H,17,18,19)/b15-14+. The third kappa shape index (κ3) is 3.53. The van der Waals surface area contributed by atoms with E-state index in [9.17, 15) is 8.42 Å². The summed E-state index contributed by atoms with van der Waals surface area (Å²) in [5.74, 6) is 0.111. The Morgan fingerprint density at radius 3 is 2.20 bits per heavy atom. The number of hydrogen-bond acceptors (Lipinski definition) is 5. The first kappa shape index (κ1) is 14.4. The largest absolute Gasteiger partial charge is 0.508 e. The van der Waals surface area contributed by atoms with Crippen LogP contribution in [0.2, 0.25) is 5.02 Å². The van der Waals surface area contributed by atoms with Gasteiger partial charge in [0, 0.05) is 0 Å². The summed E-state index contributed by atoms with van der Waals surface area (Å²) in [6.45, 7) is 0. The summed E-state index contributed by atoms with van der Waals surface area (Å²) in [4.78, 5) is -0.314. The number of benzene rings is 2. The van der Waals surface area contributed by atoms with Gasteiger partial charge in [0.2, 0.25) is 0 Å². The molecule has 0 aromatic heterocycles. The van der Waals surface area contributed by atoms with Crippen LogP contribution in [0, 0.1) is 0 Å². The first-order valence-electron chi connectivity index (χ1n) is 5.34. The van der Waals surface area contributed by atoms with E-state index in [4.69, 9.17) is 21.3 Å². The molecule has 8 heteroatoms. The zero-order valence-corrected chi connectivity index (χ0v) is 11.5. The van der Waals surface area contributed by atoms with Crippen molar-refractivity contribution in [2.45, 2.75) is 4.90 Å². The van der Waals surface area contributed by atoms with Gasteiger partial charge in [-0.25, -0.2) is 0 Å². The molecule has 0 amide bonds. The quantitative estimate of drug-likeness (QED) is 0.666. The van der Waals surface area contributed by atoms with Crippen LogP contribution in [0.4, 0.5) is 11.4 Å². The highest BCUT2D eigenvalue weighted by atomic mass is 35.5. The van der Waals surface area contributed by atoms with E-state index in [-0.39, 0.29) is 21.4 Å². The molecular weight excluding hydrogens is 304 g/mol. The summed E-state index contributed by atoms with van der Waals surface area (Å²) in [5.41, 5.74) is 0.755. The van der Waals surface area contributed by atoms with E-state index < -0.39 is 10.1 Å². The van der Waals surface area contributed by atoms with Crippen LogP contribution in [0.5, 0.6) is 5.75 Å². The maximum atomic E-state index is 10.9. The second-order valence-electron chi connectivity index (χ2n) is 3.80. The molecule has 2 aromatic carbocycles. The first-order chi connectivity index (χ1) is 9.36. The van der Waals surface area contributed by atoms with Crippen molar-refractivity contribution in [3.05, 3.63) is 47.5 Å². The van der Waals surface area contributed by atoms with Crippen LogP contribution in [-0.2, 0) is 10.1 Å². The summed E-state index contributed by atoms with van der Waals surface area (Å²) < 4.78 is 30.7. The molecule has 0 unspecified atom stereocenters. The van der Waals surface area contributed by atoms with Gasteiger partial charge in [-0.2, -0.15) is 13.5 Å². The summed E-state index contributed by atoms with van der Waals surface area (Å²) in [5, 5.41) is 16.9. The minimum atomic E-state index is -4.30. The van der Waals surface area contributed by atoms with Crippen molar-refractivity contribution in [3.8, 4) is 5.75 Å². The van der Waals surface area contributed by atoms with Crippen LogP contribution >= 0.6 is 11.6 Å². The van der Waals surface area contributed by atoms with Crippen molar-refractivity contribution in [3.63, 3.8) is 0 Å². The summed E-state index contributed by atoms with van der Waals surface area (Å²) >= 11 is 5.86. The maximum absolute atomic E-state index is 10.9. The van der Waals surface area contributed by atoms with Gasteiger partial charge in [-0.05, 0) is 42.5 Å². The summed E-state index contributed by atoms with van der Waals surface area (Å²) in [6, 6.07) is 9.61. The Hall–Kier alpha value is -1.96. The normalized spacial score (nSPS) is 11.9. The molecule has 0 aliphatic heterocycles. The average molecular weight is 313 g/mol. The number of hydrogen-bond donors (Lipinski definition) is 2. The van der Waals surface area contributed by atoms with Gasteiger partial charge in [0.15, 0.2) is 0 Å².